The Morgan fingerprint density at radius 3 is 2.71 bits per heavy atom. The lowest BCUT2D eigenvalue weighted by atomic mass is 10.1. The number of anilines is 1. The van der Waals surface area contributed by atoms with E-state index in [1.165, 1.54) is 0 Å². The van der Waals surface area contributed by atoms with Gasteiger partial charge in [-0.1, -0.05) is 15.9 Å². The van der Waals surface area contributed by atoms with Crippen LogP contribution >= 0.6 is 27.7 Å². The number of alkyl halides is 1. The molecule has 1 heterocycles. The highest BCUT2D eigenvalue weighted by Gasteiger charge is 2.16. The van der Waals surface area contributed by atoms with Crippen molar-refractivity contribution < 1.29 is 4.92 Å². The van der Waals surface area contributed by atoms with E-state index in [-0.39, 0.29) is 10.6 Å². The maximum atomic E-state index is 10.7. The Balaban J connectivity index is 2.29. The largest absolute Gasteiger partial charge is 0.370 e. The molecular formula is C11H13BrN2O2S. The molecule has 0 spiro atoms. The number of hydrogen-bond donors (Lipinski definition) is 0. The number of nitro benzene ring substituents is 1. The zero-order valence-electron chi connectivity index (χ0n) is 9.26. The van der Waals surface area contributed by atoms with Crippen LogP contribution in [-0.2, 0) is 5.33 Å². The first-order valence-corrected chi connectivity index (χ1v) is 7.66. The van der Waals surface area contributed by atoms with Crippen LogP contribution in [0.4, 0.5) is 11.4 Å². The first-order chi connectivity index (χ1) is 8.22. The van der Waals surface area contributed by atoms with Crippen LogP contribution < -0.4 is 4.90 Å². The molecule has 1 aliphatic heterocycles. The van der Waals surface area contributed by atoms with Gasteiger partial charge in [0.15, 0.2) is 0 Å². The van der Waals surface area contributed by atoms with Gasteiger partial charge in [-0.2, -0.15) is 11.8 Å². The van der Waals surface area contributed by atoms with Crippen molar-refractivity contribution in [3.8, 4) is 0 Å². The summed E-state index contributed by atoms with van der Waals surface area (Å²) in [4.78, 5) is 12.7. The quantitative estimate of drug-likeness (QED) is 0.488. The maximum Gasteiger partial charge on any atom is 0.269 e. The minimum atomic E-state index is -0.345. The fourth-order valence-corrected chi connectivity index (χ4v) is 3.26. The molecule has 0 bridgehead atoms. The van der Waals surface area contributed by atoms with Crippen molar-refractivity contribution in [3.05, 3.63) is 33.9 Å². The number of non-ortho nitro benzene ring substituents is 1. The Bertz CT molecular complexity index is 422. The van der Waals surface area contributed by atoms with Gasteiger partial charge in [0.25, 0.3) is 5.69 Å². The molecule has 2 rings (SSSR count). The molecule has 6 heteroatoms. The summed E-state index contributed by atoms with van der Waals surface area (Å²) in [6, 6.07) is 5.11. The average molecular weight is 317 g/mol. The summed E-state index contributed by atoms with van der Waals surface area (Å²) < 4.78 is 0. The molecule has 0 aliphatic carbocycles. The highest BCUT2D eigenvalue weighted by atomic mass is 79.9. The minimum absolute atomic E-state index is 0.162. The first-order valence-electron chi connectivity index (χ1n) is 5.38. The van der Waals surface area contributed by atoms with Crippen LogP contribution in [0.3, 0.4) is 0 Å². The van der Waals surface area contributed by atoms with Crippen molar-refractivity contribution >= 4 is 39.1 Å². The van der Waals surface area contributed by atoms with Gasteiger partial charge >= 0.3 is 0 Å². The standard InChI is InChI=1S/C11H13BrN2O2S/c12-8-9-7-10(14(15)16)1-2-11(9)13-3-5-17-6-4-13/h1-2,7H,3-6,8H2. The highest BCUT2D eigenvalue weighted by Crippen LogP contribution is 2.29. The summed E-state index contributed by atoms with van der Waals surface area (Å²) in [6.07, 6.45) is 0. The molecular weight excluding hydrogens is 304 g/mol. The third-order valence-corrected chi connectivity index (χ3v) is 4.32. The molecule has 0 aromatic heterocycles. The summed E-state index contributed by atoms with van der Waals surface area (Å²) in [5.74, 6) is 2.25. The number of benzene rings is 1. The van der Waals surface area contributed by atoms with Crippen LogP contribution in [0.15, 0.2) is 18.2 Å². The Morgan fingerprint density at radius 1 is 1.41 bits per heavy atom. The maximum absolute atomic E-state index is 10.7. The monoisotopic (exact) mass is 316 g/mol. The number of rotatable bonds is 3. The average Bonchev–Trinajstić information content (AvgIpc) is 2.39. The van der Waals surface area contributed by atoms with Gasteiger partial charge in [-0.05, 0) is 11.6 Å². The van der Waals surface area contributed by atoms with E-state index >= 15 is 0 Å². The number of thioether (sulfide) groups is 1. The molecule has 0 unspecified atom stereocenters. The van der Waals surface area contributed by atoms with E-state index in [9.17, 15) is 10.1 Å². The van der Waals surface area contributed by atoms with Gasteiger partial charge in [-0.15, -0.1) is 0 Å². The van der Waals surface area contributed by atoms with Crippen LogP contribution in [0, 0.1) is 10.1 Å². The third kappa shape index (κ3) is 2.93. The van der Waals surface area contributed by atoms with Gasteiger partial charge in [0.2, 0.25) is 0 Å². The van der Waals surface area contributed by atoms with Crippen molar-refractivity contribution in [2.75, 3.05) is 29.5 Å². The van der Waals surface area contributed by atoms with Crippen LogP contribution in [0.5, 0.6) is 0 Å². The molecule has 0 atom stereocenters. The van der Waals surface area contributed by atoms with Crippen LogP contribution in [0.1, 0.15) is 5.56 Å². The third-order valence-electron chi connectivity index (χ3n) is 2.77. The molecule has 1 aliphatic rings. The predicted molar refractivity (Wildman–Crippen MR) is 75.3 cm³/mol. The summed E-state index contributed by atoms with van der Waals surface area (Å²) in [6.45, 7) is 2.03. The Kier molecular flexibility index (Phi) is 4.28. The Hall–Kier alpha value is -0.750. The second-order valence-electron chi connectivity index (χ2n) is 3.80. The van der Waals surface area contributed by atoms with Crippen LogP contribution in [0.2, 0.25) is 0 Å². The lowest BCUT2D eigenvalue weighted by Crippen LogP contribution is -2.33. The van der Waals surface area contributed by atoms with E-state index < -0.39 is 0 Å². The number of halogens is 1. The molecule has 0 amide bonds. The Morgan fingerprint density at radius 2 is 2.12 bits per heavy atom. The molecule has 1 aromatic rings. The molecule has 0 N–H and O–H groups in total. The predicted octanol–water partition coefficient (Wildman–Crippen LogP) is 3.04. The van der Waals surface area contributed by atoms with E-state index in [1.54, 1.807) is 12.1 Å². The van der Waals surface area contributed by atoms with Gasteiger partial charge in [0.05, 0.1) is 4.92 Å². The number of nitro groups is 1. The minimum Gasteiger partial charge on any atom is -0.370 e. The molecule has 1 aromatic carbocycles. The summed E-state index contributed by atoms with van der Waals surface area (Å²) in [7, 11) is 0. The van der Waals surface area contributed by atoms with Gasteiger partial charge in [0, 0.05) is 47.7 Å². The van der Waals surface area contributed by atoms with Crippen molar-refractivity contribution in [2.24, 2.45) is 0 Å². The van der Waals surface area contributed by atoms with Gasteiger partial charge < -0.3 is 4.90 Å². The summed E-state index contributed by atoms with van der Waals surface area (Å²) >= 11 is 5.36. The second kappa shape index (κ2) is 5.73. The number of nitrogens with zero attached hydrogens (tertiary/aromatic N) is 2. The lowest BCUT2D eigenvalue weighted by Gasteiger charge is -2.30. The van der Waals surface area contributed by atoms with Crippen LogP contribution in [0.25, 0.3) is 0 Å². The molecule has 4 nitrogen and oxygen atoms in total. The summed E-state index contributed by atoms with van der Waals surface area (Å²) in [5.41, 5.74) is 2.27. The van der Waals surface area contributed by atoms with Gasteiger partial charge in [-0.3, -0.25) is 10.1 Å². The topological polar surface area (TPSA) is 46.4 Å². The molecule has 1 saturated heterocycles. The first kappa shape index (κ1) is 12.7. The van der Waals surface area contributed by atoms with E-state index in [1.807, 2.05) is 17.8 Å². The van der Waals surface area contributed by atoms with Crippen molar-refractivity contribution in [2.45, 2.75) is 5.33 Å². The molecule has 92 valence electrons. The number of hydrogen-bond acceptors (Lipinski definition) is 4. The van der Waals surface area contributed by atoms with Crippen molar-refractivity contribution in [3.63, 3.8) is 0 Å². The fraction of sp³-hybridized carbons (Fsp3) is 0.455. The fourth-order valence-electron chi connectivity index (χ4n) is 1.91. The zero-order chi connectivity index (χ0) is 12.3. The van der Waals surface area contributed by atoms with Gasteiger partial charge in [-0.25, -0.2) is 0 Å². The molecule has 0 saturated carbocycles. The molecule has 17 heavy (non-hydrogen) atoms. The van der Waals surface area contributed by atoms with Crippen molar-refractivity contribution in [1.82, 2.24) is 0 Å². The second-order valence-corrected chi connectivity index (χ2v) is 5.59. The highest BCUT2D eigenvalue weighted by molar-refractivity contribution is 9.08. The smallest absolute Gasteiger partial charge is 0.269 e. The van der Waals surface area contributed by atoms with Crippen molar-refractivity contribution in [1.29, 1.82) is 0 Å². The SMILES string of the molecule is O=[N+]([O-])c1ccc(N2CCSCC2)c(CBr)c1. The summed E-state index contributed by atoms with van der Waals surface area (Å²) in [5, 5.41) is 11.4. The lowest BCUT2D eigenvalue weighted by molar-refractivity contribution is -0.384. The normalized spacial score (nSPS) is 15.9. The van der Waals surface area contributed by atoms with Crippen LogP contribution in [-0.4, -0.2) is 29.5 Å². The zero-order valence-corrected chi connectivity index (χ0v) is 11.7. The van der Waals surface area contributed by atoms with E-state index in [2.05, 4.69) is 20.8 Å². The van der Waals surface area contributed by atoms with E-state index in [4.69, 9.17) is 0 Å². The van der Waals surface area contributed by atoms with E-state index in [0.29, 0.717) is 5.33 Å². The molecule has 0 radical (unpaired) electrons. The van der Waals surface area contributed by atoms with Gasteiger partial charge in [0.1, 0.15) is 0 Å². The van der Waals surface area contributed by atoms with E-state index in [0.717, 1.165) is 35.8 Å². The molecule has 1 fully saturated rings. The Labute approximate surface area is 113 Å².